The smallest absolute Gasteiger partial charge is 0.230 e. The minimum atomic E-state index is -0.152. The number of nitrogens with zero attached hydrogens (tertiary/aromatic N) is 3. The molecule has 126 valence electrons. The van der Waals surface area contributed by atoms with E-state index in [0.29, 0.717) is 5.91 Å². The molecule has 0 saturated carbocycles. The number of hydrogen-bond acceptors (Lipinski definition) is 4. The van der Waals surface area contributed by atoms with Crippen molar-refractivity contribution in [1.29, 1.82) is 0 Å². The van der Waals surface area contributed by atoms with Gasteiger partial charge in [0.25, 0.3) is 0 Å². The first kappa shape index (κ1) is 15.8. The van der Waals surface area contributed by atoms with Gasteiger partial charge in [0.15, 0.2) is 0 Å². The molecular weight excluding hydrogens is 318 g/mol. The number of carbonyl (C=O) groups excluding carboxylic acids is 1. The quantitative estimate of drug-likeness (QED) is 0.857. The summed E-state index contributed by atoms with van der Waals surface area (Å²) >= 11 is 1.70. The Hall–Kier alpha value is -1.72. The maximum absolute atomic E-state index is 13.1. The van der Waals surface area contributed by atoms with Crippen molar-refractivity contribution in [2.24, 2.45) is 5.41 Å². The normalized spacial score (nSPS) is 24.4. The van der Waals surface area contributed by atoms with Crippen molar-refractivity contribution in [1.82, 2.24) is 14.8 Å². The fourth-order valence-electron chi connectivity index (χ4n) is 4.07. The van der Waals surface area contributed by atoms with Crippen LogP contribution in [0.2, 0.25) is 0 Å². The molecule has 1 atom stereocenters. The zero-order valence-electron chi connectivity index (χ0n) is 14.1. The second-order valence-electron chi connectivity index (χ2n) is 7.13. The Morgan fingerprint density at radius 3 is 2.92 bits per heavy atom. The lowest BCUT2D eigenvalue weighted by atomic mass is 9.85. The van der Waals surface area contributed by atoms with Gasteiger partial charge < -0.3 is 4.90 Å². The van der Waals surface area contributed by atoms with Crippen LogP contribution < -0.4 is 0 Å². The van der Waals surface area contributed by atoms with Gasteiger partial charge in [-0.05, 0) is 31.9 Å². The van der Waals surface area contributed by atoms with E-state index in [2.05, 4.69) is 46.0 Å². The lowest BCUT2D eigenvalue weighted by Crippen LogP contribution is -2.36. The van der Waals surface area contributed by atoms with Crippen molar-refractivity contribution >= 4 is 17.2 Å². The first-order chi connectivity index (χ1) is 11.6. The first-order valence-electron chi connectivity index (χ1n) is 8.60. The van der Waals surface area contributed by atoms with Crippen LogP contribution >= 0.6 is 11.3 Å². The molecule has 2 aliphatic rings. The topological polar surface area (TPSA) is 36.4 Å². The molecule has 2 fully saturated rings. The lowest BCUT2D eigenvalue weighted by molar-refractivity contribution is -0.136. The van der Waals surface area contributed by atoms with Crippen molar-refractivity contribution in [2.75, 3.05) is 19.6 Å². The summed E-state index contributed by atoms with van der Waals surface area (Å²) in [6.45, 7) is 6.50. The van der Waals surface area contributed by atoms with Crippen LogP contribution in [0.3, 0.4) is 0 Å². The number of aromatic nitrogens is 1. The van der Waals surface area contributed by atoms with Crippen LogP contribution in [0, 0.1) is 12.3 Å². The van der Waals surface area contributed by atoms with E-state index in [4.69, 9.17) is 0 Å². The zero-order chi connectivity index (χ0) is 16.6. The standard InChI is InChI=1S/C19H23N3OS/c1-15-3-2-4-16(11-15)12-22-9-6-19(18(22)23)5-8-21(14-19)13-17-20-7-10-24-17/h2-4,7,10-11H,5-6,8-9,12-14H2,1H3/t19-/m1/s1. The molecule has 0 aliphatic carbocycles. The van der Waals surface area contributed by atoms with E-state index in [-0.39, 0.29) is 5.41 Å². The van der Waals surface area contributed by atoms with E-state index in [1.807, 2.05) is 11.6 Å². The summed E-state index contributed by atoms with van der Waals surface area (Å²) in [5, 5.41) is 3.17. The molecule has 4 nitrogen and oxygen atoms in total. The Kier molecular flexibility index (Phi) is 4.14. The highest BCUT2D eigenvalue weighted by atomic mass is 32.1. The highest BCUT2D eigenvalue weighted by Gasteiger charge is 2.50. The van der Waals surface area contributed by atoms with Crippen molar-refractivity contribution in [3.63, 3.8) is 0 Å². The van der Waals surface area contributed by atoms with Gasteiger partial charge >= 0.3 is 0 Å². The predicted molar refractivity (Wildman–Crippen MR) is 95.7 cm³/mol. The molecule has 0 radical (unpaired) electrons. The van der Waals surface area contributed by atoms with E-state index in [1.165, 1.54) is 11.1 Å². The van der Waals surface area contributed by atoms with Gasteiger partial charge in [-0.2, -0.15) is 0 Å². The Balaban J connectivity index is 1.41. The molecule has 0 unspecified atom stereocenters. The lowest BCUT2D eigenvalue weighted by Gasteiger charge is -2.23. The third-order valence-corrected chi connectivity index (χ3v) is 6.10. The van der Waals surface area contributed by atoms with Crippen LogP contribution in [0.5, 0.6) is 0 Å². The summed E-state index contributed by atoms with van der Waals surface area (Å²) < 4.78 is 0. The van der Waals surface area contributed by atoms with Gasteiger partial charge in [-0.3, -0.25) is 9.69 Å². The van der Waals surface area contributed by atoms with E-state index in [1.54, 1.807) is 11.3 Å². The fourth-order valence-corrected chi connectivity index (χ4v) is 4.73. The maximum Gasteiger partial charge on any atom is 0.230 e. The summed E-state index contributed by atoms with van der Waals surface area (Å²) in [5.41, 5.74) is 2.34. The second-order valence-corrected chi connectivity index (χ2v) is 8.11. The van der Waals surface area contributed by atoms with Gasteiger partial charge in [0.1, 0.15) is 5.01 Å². The van der Waals surface area contributed by atoms with E-state index < -0.39 is 0 Å². The molecule has 0 N–H and O–H groups in total. The van der Waals surface area contributed by atoms with E-state index in [0.717, 1.165) is 50.6 Å². The van der Waals surface area contributed by atoms with Crippen LogP contribution in [-0.2, 0) is 17.9 Å². The van der Waals surface area contributed by atoms with E-state index >= 15 is 0 Å². The Morgan fingerprint density at radius 2 is 2.12 bits per heavy atom. The molecule has 1 aromatic heterocycles. The summed E-state index contributed by atoms with van der Waals surface area (Å²) in [6, 6.07) is 8.48. The monoisotopic (exact) mass is 341 g/mol. The number of thiazole rings is 1. The van der Waals surface area contributed by atoms with Gasteiger partial charge in [-0.15, -0.1) is 11.3 Å². The maximum atomic E-state index is 13.1. The number of aryl methyl sites for hydroxylation is 1. The van der Waals surface area contributed by atoms with Gasteiger partial charge in [-0.1, -0.05) is 29.8 Å². The molecule has 2 aliphatic heterocycles. The van der Waals surface area contributed by atoms with Crippen LogP contribution in [0.25, 0.3) is 0 Å². The number of benzene rings is 1. The Bertz CT molecular complexity index is 730. The van der Waals surface area contributed by atoms with Crippen LogP contribution in [-0.4, -0.2) is 40.3 Å². The number of carbonyl (C=O) groups is 1. The van der Waals surface area contributed by atoms with Crippen LogP contribution in [0.15, 0.2) is 35.8 Å². The van der Waals surface area contributed by atoms with Gasteiger partial charge in [0.2, 0.25) is 5.91 Å². The summed E-state index contributed by atoms with van der Waals surface area (Å²) in [6.07, 6.45) is 3.84. The van der Waals surface area contributed by atoms with Crippen LogP contribution in [0.4, 0.5) is 0 Å². The van der Waals surface area contributed by atoms with Crippen molar-refractivity contribution in [3.05, 3.63) is 52.0 Å². The summed E-state index contributed by atoms with van der Waals surface area (Å²) in [5.74, 6) is 0.352. The molecule has 2 aromatic rings. The number of likely N-dealkylation sites (tertiary alicyclic amines) is 2. The minimum Gasteiger partial charge on any atom is -0.338 e. The molecule has 0 bridgehead atoms. The molecule has 2 saturated heterocycles. The highest BCUT2D eigenvalue weighted by Crippen LogP contribution is 2.41. The molecule has 1 amide bonds. The van der Waals surface area contributed by atoms with Gasteiger partial charge in [-0.25, -0.2) is 4.98 Å². The van der Waals surface area contributed by atoms with Crippen molar-refractivity contribution in [2.45, 2.75) is 32.9 Å². The average molecular weight is 341 g/mol. The predicted octanol–water partition coefficient (Wildman–Crippen LogP) is 3.08. The fraction of sp³-hybridized carbons (Fsp3) is 0.474. The number of amides is 1. The Labute approximate surface area is 147 Å². The SMILES string of the molecule is Cc1cccc(CN2CC[C@@]3(CCN(Cc4nccs4)C3)C2=O)c1. The van der Waals surface area contributed by atoms with Crippen LogP contribution in [0.1, 0.15) is 29.0 Å². The van der Waals surface area contributed by atoms with Gasteiger partial charge in [0, 0.05) is 31.2 Å². The third-order valence-electron chi connectivity index (χ3n) is 5.33. The zero-order valence-corrected chi connectivity index (χ0v) is 14.9. The minimum absolute atomic E-state index is 0.152. The molecular formula is C19H23N3OS. The first-order valence-corrected chi connectivity index (χ1v) is 9.48. The van der Waals surface area contributed by atoms with E-state index in [9.17, 15) is 4.79 Å². The van der Waals surface area contributed by atoms with Crippen molar-refractivity contribution < 1.29 is 4.79 Å². The number of rotatable bonds is 4. The molecule has 24 heavy (non-hydrogen) atoms. The summed E-state index contributed by atoms with van der Waals surface area (Å²) in [7, 11) is 0. The average Bonchev–Trinajstić information content (AvgIpc) is 3.27. The second kappa shape index (κ2) is 6.30. The molecule has 3 heterocycles. The molecule has 4 rings (SSSR count). The molecule has 1 aromatic carbocycles. The Morgan fingerprint density at radius 1 is 1.25 bits per heavy atom. The molecule has 1 spiro atoms. The number of hydrogen-bond donors (Lipinski definition) is 0. The highest BCUT2D eigenvalue weighted by molar-refractivity contribution is 7.09. The van der Waals surface area contributed by atoms with Crippen molar-refractivity contribution in [3.8, 4) is 0 Å². The largest absolute Gasteiger partial charge is 0.338 e. The molecule has 5 heteroatoms. The third kappa shape index (κ3) is 2.98. The summed E-state index contributed by atoms with van der Waals surface area (Å²) in [4.78, 5) is 21.9. The van der Waals surface area contributed by atoms with Gasteiger partial charge in [0.05, 0.1) is 12.0 Å².